The number of hydrogen-bond acceptors (Lipinski definition) is 3. The molecule has 6 nitrogen and oxygen atoms in total. The lowest BCUT2D eigenvalue weighted by Gasteiger charge is -2.14. The van der Waals surface area contributed by atoms with Crippen molar-refractivity contribution in [2.24, 2.45) is 0 Å². The second-order valence-electron chi connectivity index (χ2n) is 4.96. The predicted octanol–water partition coefficient (Wildman–Crippen LogP) is 2.25. The fraction of sp³-hybridized carbons (Fsp3) is 0.500. The SMILES string of the molecule is CCn1nccc1CNC(=O)C(C)n1nc(C)c(Cl)c1C. The number of halogens is 1. The first kappa shape index (κ1) is 15.6. The van der Waals surface area contributed by atoms with Gasteiger partial charge in [-0.1, -0.05) is 11.6 Å². The van der Waals surface area contributed by atoms with Gasteiger partial charge in [0.25, 0.3) is 0 Å². The van der Waals surface area contributed by atoms with E-state index < -0.39 is 6.04 Å². The molecule has 0 aliphatic rings. The van der Waals surface area contributed by atoms with Gasteiger partial charge in [0.15, 0.2) is 0 Å². The summed E-state index contributed by atoms with van der Waals surface area (Å²) < 4.78 is 3.51. The van der Waals surface area contributed by atoms with Crippen LogP contribution in [0.5, 0.6) is 0 Å². The van der Waals surface area contributed by atoms with Crippen LogP contribution in [0.4, 0.5) is 0 Å². The topological polar surface area (TPSA) is 64.7 Å². The summed E-state index contributed by atoms with van der Waals surface area (Å²) in [5, 5.41) is 12.0. The average molecular weight is 310 g/mol. The number of aryl methyl sites for hydroxylation is 2. The fourth-order valence-corrected chi connectivity index (χ4v) is 2.38. The molecule has 1 amide bonds. The van der Waals surface area contributed by atoms with E-state index in [0.29, 0.717) is 11.6 Å². The van der Waals surface area contributed by atoms with Gasteiger partial charge >= 0.3 is 0 Å². The van der Waals surface area contributed by atoms with Crippen LogP contribution in [-0.2, 0) is 17.9 Å². The lowest BCUT2D eigenvalue weighted by Crippen LogP contribution is -2.32. The predicted molar refractivity (Wildman–Crippen MR) is 81.2 cm³/mol. The molecule has 2 heterocycles. The second kappa shape index (κ2) is 6.30. The van der Waals surface area contributed by atoms with Gasteiger partial charge in [-0.25, -0.2) is 0 Å². The highest BCUT2D eigenvalue weighted by Crippen LogP contribution is 2.22. The molecule has 2 rings (SSSR count). The molecule has 0 aliphatic carbocycles. The molecule has 2 aromatic heterocycles. The summed E-state index contributed by atoms with van der Waals surface area (Å²) in [6, 6.07) is 1.49. The molecule has 0 fully saturated rings. The minimum atomic E-state index is -0.408. The number of nitrogens with one attached hydrogen (secondary N) is 1. The largest absolute Gasteiger partial charge is 0.349 e. The summed E-state index contributed by atoms with van der Waals surface area (Å²) in [6.45, 7) is 8.74. The van der Waals surface area contributed by atoms with Gasteiger partial charge in [-0.15, -0.1) is 0 Å². The van der Waals surface area contributed by atoms with Crippen molar-refractivity contribution >= 4 is 17.5 Å². The van der Waals surface area contributed by atoms with E-state index in [0.717, 1.165) is 23.6 Å². The highest BCUT2D eigenvalue weighted by atomic mass is 35.5. The van der Waals surface area contributed by atoms with Crippen molar-refractivity contribution in [2.45, 2.75) is 46.8 Å². The first-order valence-electron chi connectivity index (χ1n) is 6.95. The van der Waals surface area contributed by atoms with Crippen LogP contribution in [-0.4, -0.2) is 25.5 Å². The first-order valence-corrected chi connectivity index (χ1v) is 7.33. The van der Waals surface area contributed by atoms with Crippen molar-refractivity contribution in [3.63, 3.8) is 0 Å². The lowest BCUT2D eigenvalue weighted by atomic mass is 10.3. The second-order valence-corrected chi connectivity index (χ2v) is 5.34. The van der Waals surface area contributed by atoms with Crippen LogP contribution in [0.2, 0.25) is 5.02 Å². The number of aromatic nitrogens is 4. The van der Waals surface area contributed by atoms with E-state index in [1.54, 1.807) is 10.9 Å². The van der Waals surface area contributed by atoms with Crippen LogP contribution in [0.3, 0.4) is 0 Å². The summed E-state index contributed by atoms with van der Waals surface area (Å²) in [6.07, 6.45) is 1.73. The Morgan fingerprint density at radius 1 is 1.48 bits per heavy atom. The molecule has 1 unspecified atom stereocenters. The number of carbonyl (C=O) groups is 1. The van der Waals surface area contributed by atoms with Gasteiger partial charge in [0.05, 0.1) is 28.6 Å². The molecule has 0 radical (unpaired) electrons. The third-order valence-electron chi connectivity index (χ3n) is 3.53. The standard InChI is InChI=1S/C14H20ClN5O/c1-5-19-12(6-7-17-19)8-16-14(21)11(4)20-10(3)13(15)9(2)18-20/h6-7,11H,5,8H2,1-4H3,(H,16,21). The van der Waals surface area contributed by atoms with E-state index in [4.69, 9.17) is 11.6 Å². The Bertz CT molecular complexity index is 646. The maximum atomic E-state index is 12.3. The molecule has 1 N–H and O–H groups in total. The Hall–Kier alpha value is -1.82. The van der Waals surface area contributed by atoms with Crippen LogP contribution >= 0.6 is 11.6 Å². The molecule has 0 aliphatic heterocycles. The van der Waals surface area contributed by atoms with Gasteiger partial charge in [-0.05, 0) is 33.8 Å². The van der Waals surface area contributed by atoms with Gasteiger partial charge < -0.3 is 5.32 Å². The summed E-state index contributed by atoms with van der Waals surface area (Å²) in [7, 11) is 0. The summed E-state index contributed by atoms with van der Waals surface area (Å²) in [4.78, 5) is 12.3. The number of amides is 1. The summed E-state index contributed by atoms with van der Waals surface area (Å²) in [5.74, 6) is -0.0962. The van der Waals surface area contributed by atoms with Crippen molar-refractivity contribution < 1.29 is 4.79 Å². The molecule has 0 saturated heterocycles. The zero-order chi connectivity index (χ0) is 15.6. The third kappa shape index (κ3) is 3.10. The van der Waals surface area contributed by atoms with Crippen LogP contribution < -0.4 is 5.32 Å². The number of hydrogen-bond donors (Lipinski definition) is 1. The Morgan fingerprint density at radius 3 is 2.76 bits per heavy atom. The van der Waals surface area contributed by atoms with Crippen LogP contribution in [0, 0.1) is 13.8 Å². The molecule has 7 heteroatoms. The van der Waals surface area contributed by atoms with Crippen molar-refractivity contribution in [1.29, 1.82) is 0 Å². The first-order chi connectivity index (χ1) is 9.95. The van der Waals surface area contributed by atoms with Crippen molar-refractivity contribution in [3.05, 3.63) is 34.4 Å². The monoisotopic (exact) mass is 309 g/mol. The average Bonchev–Trinajstić information content (AvgIpc) is 3.03. The molecule has 0 aromatic carbocycles. The number of nitrogens with zero attached hydrogens (tertiary/aromatic N) is 4. The normalized spacial score (nSPS) is 12.4. The zero-order valence-corrected chi connectivity index (χ0v) is 13.5. The van der Waals surface area contributed by atoms with Crippen molar-refractivity contribution in [2.75, 3.05) is 0 Å². The molecule has 1 atom stereocenters. The minimum absolute atomic E-state index is 0.0962. The Balaban J connectivity index is 2.04. The van der Waals surface area contributed by atoms with Gasteiger partial charge in [0.1, 0.15) is 6.04 Å². The lowest BCUT2D eigenvalue weighted by molar-refractivity contribution is -0.124. The summed E-state index contributed by atoms with van der Waals surface area (Å²) >= 11 is 6.12. The fourth-order valence-electron chi connectivity index (χ4n) is 2.25. The zero-order valence-electron chi connectivity index (χ0n) is 12.7. The van der Waals surface area contributed by atoms with Crippen molar-refractivity contribution in [1.82, 2.24) is 24.9 Å². The minimum Gasteiger partial charge on any atom is -0.349 e. The van der Waals surface area contributed by atoms with Crippen LogP contribution in [0.15, 0.2) is 12.3 Å². The van der Waals surface area contributed by atoms with Crippen molar-refractivity contribution in [3.8, 4) is 0 Å². The summed E-state index contributed by atoms with van der Waals surface area (Å²) in [5.41, 5.74) is 2.51. The third-order valence-corrected chi connectivity index (χ3v) is 4.08. The molecule has 0 saturated carbocycles. The number of carbonyl (C=O) groups excluding carboxylic acids is 1. The Labute approximate surface area is 129 Å². The maximum Gasteiger partial charge on any atom is 0.244 e. The Kier molecular flexibility index (Phi) is 4.67. The van der Waals surface area contributed by atoms with E-state index >= 15 is 0 Å². The highest BCUT2D eigenvalue weighted by Gasteiger charge is 2.20. The van der Waals surface area contributed by atoms with Crippen LogP contribution in [0.1, 0.15) is 37.0 Å². The molecule has 21 heavy (non-hydrogen) atoms. The van der Waals surface area contributed by atoms with E-state index in [1.165, 1.54) is 0 Å². The Morgan fingerprint density at radius 2 is 2.19 bits per heavy atom. The van der Waals surface area contributed by atoms with Gasteiger partial charge in [0.2, 0.25) is 5.91 Å². The molecular formula is C14H20ClN5O. The van der Waals surface area contributed by atoms with Crippen LogP contribution in [0.25, 0.3) is 0 Å². The quantitative estimate of drug-likeness (QED) is 0.921. The molecule has 2 aromatic rings. The van der Waals surface area contributed by atoms with E-state index in [9.17, 15) is 4.79 Å². The molecule has 0 spiro atoms. The van der Waals surface area contributed by atoms with Gasteiger partial charge in [0, 0.05) is 12.7 Å². The molecular weight excluding hydrogens is 290 g/mol. The maximum absolute atomic E-state index is 12.3. The van der Waals surface area contributed by atoms with Gasteiger partial charge in [-0.2, -0.15) is 10.2 Å². The van der Waals surface area contributed by atoms with E-state index in [-0.39, 0.29) is 5.91 Å². The smallest absolute Gasteiger partial charge is 0.244 e. The number of rotatable bonds is 5. The molecule has 0 bridgehead atoms. The van der Waals surface area contributed by atoms with E-state index in [1.807, 2.05) is 38.4 Å². The van der Waals surface area contributed by atoms with E-state index in [2.05, 4.69) is 15.5 Å². The highest BCUT2D eigenvalue weighted by molar-refractivity contribution is 6.31. The molecule has 114 valence electrons. The van der Waals surface area contributed by atoms with Gasteiger partial charge in [-0.3, -0.25) is 14.2 Å².